The predicted octanol–water partition coefficient (Wildman–Crippen LogP) is 4.00. The van der Waals surface area contributed by atoms with E-state index in [2.05, 4.69) is 0 Å². The van der Waals surface area contributed by atoms with Crippen molar-refractivity contribution in [1.29, 1.82) is 0 Å². The van der Waals surface area contributed by atoms with Crippen LogP contribution in [0.1, 0.15) is 18.1 Å². The average molecular weight is 415 g/mol. The third-order valence-corrected chi connectivity index (χ3v) is 4.88. The number of esters is 1. The van der Waals surface area contributed by atoms with E-state index < -0.39 is 23.7 Å². The highest BCUT2D eigenvalue weighted by Gasteiger charge is 2.36. The molecule has 1 fully saturated rings. The predicted molar refractivity (Wildman–Crippen MR) is 106 cm³/mol. The molecule has 2 amide bonds. The Hall–Kier alpha value is -3.13. The molecule has 150 valence electrons. The van der Waals surface area contributed by atoms with Crippen LogP contribution in [0.2, 0.25) is 0 Å². The largest absolute Gasteiger partial charge is 0.489 e. The number of nitrogens with zero attached hydrogens (tertiary/aromatic N) is 1. The quantitative estimate of drug-likeness (QED) is 0.503. The van der Waals surface area contributed by atoms with E-state index in [4.69, 9.17) is 9.47 Å². The maximum Gasteiger partial charge on any atom is 0.326 e. The third-order valence-electron chi connectivity index (χ3n) is 3.97. The summed E-state index contributed by atoms with van der Waals surface area (Å²) in [5, 5.41) is -0.527. The number of ether oxygens (including phenoxy) is 2. The number of rotatable bonds is 7. The van der Waals surface area contributed by atoms with E-state index in [1.165, 1.54) is 6.07 Å². The lowest BCUT2D eigenvalue weighted by Gasteiger charge is -2.10. The highest BCUT2D eigenvalue weighted by molar-refractivity contribution is 8.18. The minimum Gasteiger partial charge on any atom is -0.489 e. The molecule has 1 heterocycles. The Balaban J connectivity index is 1.70. The highest BCUT2D eigenvalue weighted by atomic mass is 32.2. The van der Waals surface area contributed by atoms with Crippen molar-refractivity contribution in [3.63, 3.8) is 0 Å². The van der Waals surface area contributed by atoms with Crippen LogP contribution in [-0.4, -0.2) is 35.2 Å². The number of amides is 2. The van der Waals surface area contributed by atoms with Crippen molar-refractivity contribution in [1.82, 2.24) is 4.90 Å². The van der Waals surface area contributed by atoms with E-state index in [-0.39, 0.29) is 23.9 Å². The van der Waals surface area contributed by atoms with Gasteiger partial charge in [-0.25, -0.2) is 4.39 Å². The van der Waals surface area contributed by atoms with Crippen molar-refractivity contribution >= 4 is 35.0 Å². The van der Waals surface area contributed by atoms with Crippen LogP contribution in [0.25, 0.3) is 6.08 Å². The van der Waals surface area contributed by atoms with E-state index in [1.54, 1.807) is 55.5 Å². The van der Waals surface area contributed by atoms with Crippen LogP contribution in [0.4, 0.5) is 9.18 Å². The number of hydrogen-bond donors (Lipinski definition) is 0. The van der Waals surface area contributed by atoms with Gasteiger partial charge in [-0.05, 0) is 48.5 Å². The molecule has 2 aromatic rings. The van der Waals surface area contributed by atoms with E-state index in [1.807, 2.05) is 0 Å². The molecule has 29 heavy (non-hydrogen) atoms. The topological polar surface area (TPSA) is 72.9 Å². The molecule has 2 aromatic carbocycles. The fourth-order valence-electron chi connectivity index (χ4n) is 2.59. The summed E-state index contributed by atoms with van der Waals surface area (Å²) in [5.74, 6) is -1.04. The maximum atomic E-state index is 13.7. The summed E-state index contributed by atoms with van der Waals surface area (Å²) in [6.07, 6.45) is 1.55. The molecule has 3 rings (SSSR count). The molecule has 0 saturated carbocycles. The van der Waals surface area contributed by atoms with Gasteiger partial charge in [0.1, 0.15) is 24.7 Å². The van der Waals surface area contributed by atoms with Crippen molar-refractivity contribution in [3.05, 3.63) is 70.4 Å². The van der Waals surface area contributed by atoms with Crippen molar-refractivity contribution in [3.8, 4) is 5.75 Å². The molecule has 0 aliphatic carbocycles. The smallest absolute Gasteiger partial charge is 0.326 e. The number of imide groups is 1. The van der Waals surface area contributed by atoms with Crippen LogP contribution in [0.15, 0.2) is 53.4 Å². The van der Waals surface area contributed by atoms with Gasteiger partial charge in [0.25, 0.3) is 11.1 Å². The molecule has 0 atom stereocenters. The fourth-order valence-corrected chi connectivity index (χ4v) is 3.43. The monoisotopic (exact) mass is 415 g/mol. The van der Waals surface area contributed by atoms with Gasteiger partial charge >= 0.3 is 5.97 Å². The molecule has 0 radical (unpaired) electrons. The second kappa shape index (κ2) is 9.38. The standard InChI is InChI=1S/C21H18FNO5S/c1-2-27-19(24)12-23-20(25)18(29-21(23)26)11-14-6-5-8-16(10-14)28-13-15-7-3-4-9-17(15)22/h3-11H,2,12-13H2,1H3/b18-11+. The van der Waals surface area contributed by atoms with Crippen LogP contribution >= 0.6 is 11.8 Å². The van der Waals surface area contributed by atoms with Crippen LogP contribution in [-0.2, 0) is 20.9 Å². The molecule has 0 unspecified atom stereocenters. The van der Waals surface area contributed by atoms with Crippen molar-refractivity contribution < 1.29 is 28.2 Å². The lowest BCUT2D eigenvalue weighted by molar-refractivity contribution is -0.145. The lowest BCUT2D eigenvalue weighted by atomic mass is 10.2. The number of carbonyl (C=O) groups excluding carboxylic acids is 3. The SMILES string of the molecule is CCOC(=O)CN1C(=O)S/C(=C/c2cccc(OCc3ccccc3F)c2)C1=O. The molecular weight excluding hydrogens is 397 g/mol. The van der Waals surface area contributed by atoms with E-state index >= 15 is 0 Å². The van der Waals surface area contributed by atoms with Crippen LogP contribution in [0.3, 0.4) is 0 Å². The summed E-state index contributed by atoms with van der Waals surface area (Å²) in [7, 11) is 0. The summed E-state index contributed by atoms with van der Waals surface area (Å²) in [5.41, 5.74) is 1.07. The second-order valence-corrected chi connectivity index (χ2v) is 7.02. The molecule has 0 spiro atoms. The Kier molecular flexibility index (Phi) is 6.66. The summed E-state index contributed by atoms with van der Waals surface area (Å²) in [6, 6.07) is 13.2. The molecule has 0 N–H and O–H groups in total. The summed E-state index contributed by atoms with van der Waals surface area (Å²) >= 11 is 0.755. The summed E-state index contributed by atoms with van der Waals surface area (Å²) < 4.78 is 24.1. The maximum absolute atomic E-state index is 13.7. The molecule has 6 nitrogen and oxygen atoms in total. The van der Waals surface area contributed by atoms with Gasteiger partial charge < -0.3 is 9.47 Å². The Morgan fingerprint density at radius 1 is 1.17 bits per heavy atom. The van der Waals surface area contributed by atoms with Gasteiger partial charge in [-0.3, -0.25) is 19.3 Å². The molecule has 8 heteroatoms. The Bertz CT molecular complexity index is 975. The molecule has 1 aliphatic rings. The van der Waals surface area contributed by atoms with Gasteiger partial charge in [0.15, 0.2) is 0 Å². The van der Waals surface area contributed by atoms with Gasteiger partial charge in [-0.15, -0.1) is 0 Å². The lowest BCUT2D eigenvalue weighted by Crippen LogP contribution is -2.34. The first-order valence-corrected chi connectivity index (χ1v) is 9.67. The zero-order valence-corrected chi connectivity index (χ0v) is 16.4. The first-order valence-electron chi connectivity index (χ1n) is 8.85. The summed E-state index contributed by atoms with van der Waals surface area (Å²) in [6.45, 7) is 1.46. The van der Waals surface area contributed by atoms with E-state index in [0.717, 1.165) is 16.7 Å². The van der Waals surface area contributed by atoms with Crippen LogP contribution < -0.4 is 4.74 Å². The number of halogens is 1. The zero-order valence-electron chi connectivity index (χ0n) is 15.6. The average Bonchev–Trinajstić information content (AvgIpc) is 2.95. The minimum atomic E-state index is -0.639. The van der Waals surface area contributed by atoms with Gasteiger partial charge in [0.2, 0.25) is 0 Å². The number of thioether (sulfide) groups is 1. The highest BCUT2D eigenvalue weighted by Crippen LogP contribution is 2.32. The second-order valence-electron chi connectivity index (χ2n) is 6.03. The third kappa shape index (κ3) is 5.23. The first kappa shape index (κ1) is 20.6. The number of hydrogen-bond acceptors (Lipinski definition) is 6. The first-order chi connectivity index (χ1) is 14.0. The van der Waals surface area contributed by atoms with Crippen molar-refractivity contribution in [2.45, 2.75) is 13.5 Å². The molecule has 0 bridgehead atoms. The number of carbonyl (C=O) groups is 3. The molecule has 1 aliphatic heterocycles. The van der Waals surface area contributed by atoms with Gasteiger partial charge in [-0.2, -0.15) is 0 Å². The fraction of sp³-hybridized carbons (Fsp3) is 0.190. The molecule has 1 saturated heterocycles. The van der Waals surface area contributed by atoms with E-state index in [9.17, 15) is 18.8 Å². The number of benzene rings is 2. The van der Waals surface area contributed by atoms with E-state index in [0.29, 0.717) is 16.9 Å². The summed E-state index contributed by atoms with van der Waals surface area (Å²) in [4.78, 5) is 37.1. The Morgan fingerprint density at radius 3 is 2.72 bits per heavy atom. The zero-order chi connectivity index (χ0) is 20.8. The van der Waals surface area contributed by atoms with Gasteiger partial charge in [-0.1, -0.05) is 30.3 Å². The van der Waals surface area contributed by atoms with Crippen molar-refractivity contribution in [2.75, 3.05) is 13.2 Å². The molecule has 0 aromatic heterocycles. The van der Waals surface area contributed by atoms with Gasteiger partial charge in [0.05, 0.1) is 11.5 Å². The Labute approximate surface area is 171 Å². The Morgan fingerprint density at radius 2 is 1.97 bits per heavy atom. The molecular formula is C21H18FNO5S. The van der Waals surface area contributed by atoms with Crippen LogP contribution in [0.5, 0.6) is 5.75 Å². The minimum absolute atomic E-state index is 0.0617. The van der Waals surface area contributed by atoms with Crippen LogP contribution in [0, 0.1) is 5.82 Å². The van der Waals surface area contributed by atoms with Gasteiger partial charge in [0, 0.05) is 5.56 Å². The van der Waals surface area contributed by atoms with Crippen molar-refractivity contribution in [2.24, 2.45) is 0 Å². The normalized spacial score (nSPS) is 15.1.